The van der Waals surface area contributed by atoms with Gasteiger partial charge in [-0.25, -0.2) is 0 Å². The maximum absolute atomic E-state index is 12.9. The highest BCUT2D eigenvalue weighted by molar-refractivity contribution is 5.79. The Bertz CT molecular complexity index is 651. The Morgan fingerprint density at radius 1 is 1.00 bits per heavy atom. The fourth-order valence-electron chi connectivity index (χ4n) is 4.69. The number of amides is 2. The summed E-state index contributed by atoms with van der Waals surface area (Å²) in [6.45, 7) is 6.61. The zero-order chi connectivity index (χ0) is 19.3. The Kier molecular flexibility index (Phi) is 6.26. The fraction of sp³-hybridized carbons (Fsp3) is 0.750. The highest BCUT2D eigenvalue weighted by atomic mass is 16.5. The molecule has 2 amide bonds. The van der Waals surface area contributed by atoms with Crippen molar-refractivity contribution in [3.05, 3.63) is 18.5 Å². The maximum atomic E-state index is 12.9. The number of nitrogens with zero attached hydrogens (tertiary/aromatic N) is 5. The Morgan fingerprint density at radius 2 is 1.79 bits per heavy atom. The number of carbonyl (C=O) groups is 2. The third kappa shape index (κ3) is 4.55. The molecule has 8 nitrogen and oxygen atoms in total. The van der Waals surface area contributed by atoms with E-state index < -0.39 is 0 Å². The normalized spacial score (nSPS) is 25.1. The van der Waals surface area contributed by atoms with Gasteiger partial charge in [0.05, 0.1) is 19.1 Å². The van der Waals surface area contributed by atoms with Gasteiger partial charge in [0.2, 0.25) is 11.8 Å². The van der Waals surface area contributed by atoms with Gasteiger partial charge >= 0.3 is 0 Å². The average molecular weight is 390 g/mol. The molecule has 8 heteroatoms. The molecule has 3 saturated heterocycles. The fourth-order valence-corrected chi connectivity index (χ4v) is 4.69. The number of hydrogen-bond donors (Lipinski definition) is 0. The smallest absolute Gasteiger partial charge is 0.244 e. The number of ether oxygens (including phenoxy) is 1. The van der Waals surface area contributed by atoms with Crippen molar-refractivity contribution in [2.75, 3.05) is 52.5 Å². The predicted octanol–water partition coefficient (Wildman–Crippen LogP) is 0.445. The molecule has 3 aliphatic rings. The van der Waals surface area contributed by atoms with Gasteiger partial charge < -0.3 is 14.5 Å². The van der Waals surface area contributed by atoms with Gasteiger partial charge in [-0.05, 0) is 38.3 Å². The van der Waals surface area contributed by atoms with Crippen LogP contribution in [0, 0.1) is 5.92 Å². The monoisotopic (exact) mass is 389 g/mol. The number of rotatable bonds is 4. The number of aromatic nitrogens is 2. The summed E-state index contributed by atoms with van der Waals surface area (Å²) in [7, 11) is 0. The summed E-state index contributed by atoms with van der Waals surface area (Å²) in [5.74, 6) is 0.562. The molecule has 4 heterocycles. The van der Waals surface area contributed by atoms with Crippen LogP contribution in [0.4, 0.5) is 0 Å². The lowest BCUT2D eigenvalue weighted by Gasteiger charge is -2.43. The summed E-state index contributed by atoms with van der Waals surface area (Å²) in [6, 6.07) is 2.32. The molecule has 0 unspecified atom stereocenters. The van der Waals surface area contributed by atoms with Crippen molar-refractivity contribution in [3.8, 4) is 0 Å². The zero-order valence-electron chi connectivity index (χ0n) is 16.5. The molecule has 1 aromatic rings. The van der Waals surface area contributed by atoms with Crippen molar-refractivity contribution in [1.82, 2.24) is 24.5 Å². The number of likely N-dealkylation sites (tertiary alicyclic amines) is 2. The van der Waals surface area contributed by atoms with E-state index in [1.54, 1.807) is 10.9 Å². The molecule has 0 aromatic carbocycles. The first-order valence-electron chi connectivity index (χ1n) is 10.6. The van der Waals surface area contributed by atoms with Crippen LogP contribution < -0.4 is 0 Å². The molecular weight excluding hydrogens is 358 g/mol. The minimum Gasteiger partial charge on any atom is -0.378 e. The van der Waals surface area contributed by atoms with Crippen LogP contribution in [0.3, 0.4) is 0 Å². The topological polar surface area (TPSA) is 70.9 Å². The van der Waals surface area contributed by atoms with E-state index in [1.807, 2.05) is 22.1 Å². The molecule has 28 heavy (non-hydrogen) atoms. The third-order valence-electron chi connectivity index (χ3n) is 6.31. The first-order valence-corrected chi connectivity index (χ1v) is 10.6. The van der Waals surface area contributed by atoms with Gasteiger partial charge in [-0.2, -0.15) is 5.10 Å². The van der Waals surface area contributed by atoms with Crippen LogP contribution in [0.5, 0.6) is 0 Å². The quantitative estimate of drug-likeness (QED) is 0.748. The summed E-state index contributed by atoms with van der Waals surface area (Å²) in [6.07, 6.45) is 7.58. The van der Waals surface area contributed by atoms with E-state index in [0.29, 0.717) is 31.7 Å². The molecule has 1 atom stereocenters. The molecule has 0 bridgehead atoms. The SMILES string of the molecule is O=C(Cn1cccn1)N1CCC(N2CCC[C@H](C(=O)N3CCOCC3)C2)CC1. The van der Waals surface area contributed by atoms with Crippen LogP contribution >= 0.6 is 0 Å². The average Bonchev–Trinajstić information content (AvgIpc) is 3.27. The predicted molar refractivity (Wildman–Crippen MR) is 104 cm³/mol. The van der Waals surface area contributed by atoms with Crippen molar-refractivity contribution >= 4 is 11.8 Å². The number of hydrogen-bond acceptors (Lipinski definition) is 5. The van der Waals surface area contributed by atoms with Crippen LogP contribution in [0.2, 0.25) is 0 Å². The van der Waals surface area contributed by atoms with Crippen molar-refractivity contribution in [3.63, 3.8) is 0 Å². The molecule has 4 rings (SSSR count). The largest absolute Gasteiger partial charge is 0.378 e. The Balaban J connectivity index is 1.26. The van der Waals surface area contributed by atoms with Gasteiger partial charge in [-0.1, -0.05) is 0 Å². The summed E-state index contributed by atoms with van der Waals surface area (Å²) in [5.41, 5.74) is 0. The molecular formula is C20H31N5O3. The zero-order valence-corrected chi connectivity index (χ0v) is 16.5. The summed E-state index contributed by atoms with van der Waals surface area (Å²) >= 11 is 0. The van der Waals surface area contributed by atoms with Crippen LogP contribution in [0.25, 0.3) is 0 Å². The molecule has 0 spiro atoms. The molecule has 0 radical (unpaired) electrons. The van der Waals surface area contributed by atoms with E-state index in [4.69, 9.17) is 4.74 Å². The Hall–Kier alpha value is -1.93. The maximum Gasteiger partial charge on any atom is 0.244 e. The van der Waals surface area contributed by atoms with Crippen LogP contribution in [-0.4, -0.2) is 94.8 Å². The number of piperidine rings is 2. The van der Waals surface area contributed by atoms with Gasteiger partial charge in [0.25, 0.3) is 0 Å². The summed E-state index contributed by atoms with van der Waals surface area (Å²) in [4.78, 5) is 31.8. The third-order valence-corrected chi connectivity index (χ3v) is 6.31. The molecule has 154 valence electrons. The first-order chi connectivity index (χ1) is 13.7. The van der Waals surface area contributed by atoms with Crippen molar-refractivity contribution in [2.45, 2.75) is 38.3 Å². The van der Waals surface area contributed by atoms with E-state index in [0.717, 1.165) is 65.0 Å². The minimum atomic E-state index is 0.117. The Morgan fingerprint density at radius 3 is 2.50 bits per heavy atom. The highest BCUT2D eigenvalue weighted by Gasteiger charge is 2.34. The van der Waals surface area contributed by atoms with Gasteiger partial charge in [-0.15, -0.1) is 0 Å². The van der Waals surface area contributed by atoms with Gasteiger partial charge in [0, 0.05) is 51.2 Å². The molecule has 1 aromatic heterocycles. The minimum absolute atomic E-state index is 0.117. The van der Waals surface area contributed by atoms with Gasteiger partial charge in [0.15, 0.2) is 0 Å². The number of carbonyl (C=O) groups excluding carboxylic acids is 2. The molecule has 0 aliphatic carbocycles. The van der Waals surface area contributed by atoms with Gasteiger partial charge in [-0.3, -0.25) is 19.2 Å². The van der Waals surface area contributed by atoms with Gasteiger partial charge in [0.1, 0.15) is 6.54 Å². The van der Waals surface area contributed by atoms with E-state index in [2.05, 4.69) is 10.00 Å². The highest BCUT2D eigenvalue weighted by Crippen LogP contribution is 2.25. The van der Waals surface area contributed by atoms with Crippen LogP contribution in [-0.2, 0) is 20.9 Å². The van der Waals surface area contributed by atoms with Crippen molar-refractivity contribution in [2.24, 2.45) is 5.92 Å². The summed E-state index contributed by atoms with van der Waals surface area (Å²) < 4.78 is 7.06. The van der Waals surface area contributed by atoms with Crippen molar-refractivity contribution in [1.29, 1.82) is 0 Å². The molecule has 0 N–H and O–H groups in total. The molecule has 0 saturated carbocycles. The van der Waals surface area contributed by atoms with E-state index in [-0.39, 0.29) is 11.8 Å². The lowest BCUT2D eigenvalue weighted by atomic mass is 9.92. The van der Waals surface area contributed by atoms with E-state index in [1.165, 1.54) is 0 Å². The van der Waals surface area contributed by atoms with Crippen LogP contribution in [0.1, 0.15) is 25.7 Å². The lowest BCUT2D eigenvalue weighted by molar-refractivity contribution is -0.142. The molecule has 3 aliphatic heterocycles. The standard InChI is InChI=1S/C20H31N5O3/c26-19(16-25-8-2-6-21-25)22-9-4-18(5-10-22)24-7-1-3-17(15-24)20(27)23-11-13-28-14-12-23/h2,6,8,17-18H,1,3-5,7,9-16H2/t17-/m0/s1. The summed E-state index contributed by atoms with van der Waals surface area (Å²) in [5, 5.41) is 4.12. The Labute approximate surface area is 166 Å². The van der Waals surface area contributed by atoms with E-state index in [9.17, 15) is 9.59 Å². The second-order valence-corrected chi connectivity index (χ2v) is 8.09. The second-order valence-electron chi connectivity index (χ2n) is 8.09. The van der Waals surface area contributed by atoms with Crippen molar-refractivity contribution < 1.29 is 14.3 Å². The van der Waals surface area contributed by atoms with E-state index >= 15 is 0 Å². The lowest BCUT2D eigenvalue weighted by Crippen LogP contribution is -2.53. The van der Waals surface area contributed by atoms with Crippen LogP contribution in [0.15, 0.2) is 18.5 Å². The second kappa shape index (κ2) is 9.05. The number of morpholine rings is 1. The first kappa shape index (κ1) is 19.4. The molecule has 3 fully saturated rings.